The number of hydrogen-bond acceptors (Lipinski definition) is 4. The molecule has 2 rings (SSSR count). The first-order valence-electron chi connectivity index (χ1n) is 6.14. The van der Waals surface area contributed by atoms with E-state index in [4.69, 9.17) is 0 Å². The zero-order valence-electron chi connectivity index (χ0n) is 11.2. The lowest BCUT2D eigenvalue weighted by atomic mass is 10.1. The van der Waals surface area contributed by atoms with Gasteiger partial charge >= 0.3 is 6.18 Å². The van der Waals surface area contributed by atoms with E-state index in [1.807, 2.05) is 0 Å². The number of alkyl halides is 3. The molecule has 1 aliphatic heterocycles. The molecule has 114 valence electrons. The third kappa shape index (κ3) is 3.52. The number of anilines is 1. The normalized spacial score (nSPS) is 14.6. The summed E-state index contributed by atoms with van der Waals surface area (Å²) in [5.74, 6) is -0.762. The average molecular weight is 302 g/mol. The van der Waals surface area contributed by atoms with E-state index in [9.17, 15) is 22.8 Å². The molecule has 1 N–H and O–H groups in total. The Kier molecular flexibility index (Phi) is 4.17. The van der Waals surface area contributed by atoms with Gasteiger partial charge in [0.2, 0.25) is 0 Å². The highest BCUT2D eigenvalue weighted by atomic mass is 19.4. The van der Waals surface area contributed by atoms with Gasteiger partial charge in [-0.1, -0.05) is 0 Å². The Labute approximate surface area is 118 Å². The van der Waals surface area contributed by atoms with E-state index in [0.29, 0.717) is 11.3 Å². The number of hydrogen-bond donors (Lipinski definition) is 1. The van der Waals surface area contributed by atoms with Crippen LogP contribution in [0.25, 0.3) is 0 Å². The quantitative estimate of drug-likeness (QED) is 0.667. The Hall–Kier alpha value is -2.09. The molecule has 1 heterocycles. The van der Waals surface area contributed by atoms with Gasteiger partial charge in [-0.05, 0) is 18.2 Å². The highest BCUT2D eigenvalue weighted by Crippen LogP contribution is 2.24. The fraction of sp³-hybridized carbons (Fsp3) is 0.385. The Bertz CT molecular complexity index is 572. The lowest BCUT2D eigenvalue weighted by Gasteiger charge is -2.09. The summed E-state index contributed by atoms with van der Waals surface area (Å²) in [7, 11) is 1.39. The van der Waals surface area contributed by atoms with E-state index in [1.165, 1.54) is 19.2 Å². The molecule has 5 nitrogen and oxygen atoms in total. The van der Waals surface area contributed by atoms with Crippen LogP contribution in [0, 0.1) is 0 Å². The van der Waals surface area contributed by atoms with Gasteiger partial charge in [-0.2, -0.15) is 13.2 Å². The maximum Gasteiger partial charge on any atom is 0.411 e. The monoisotopic (exact) mass is 302 g/mol. The number of carbonyl (C=O) groups is 2. The van der Waals surface area contributed by atoms with Gasteiger partial charge in [-0.15, -0.1) is 0 Å². The van der Waals surface area contributed by atoms with Crippen molar-refractivity contribution in [2.75, 3.05) is 32.1 Å². The SMILES string of the molecule is CN1C(=O)c2ccc(NCCOCC(F)(F)F)cc2C1=O. The van der Waals surface area contributed by atoms with Gasteiger partial charge in [0.25, 0.3) is 11.8 Å². The molecule has 0 saturated carbocycles. The number of ether oxygens (including phenoxy) is 1. The predicted molar refractivity (Wildman–Crippen MR) is 68.2 cm³/mol. The summed E-state index contributed by atoms with van der Waals surface area (Å²) in [6.45, 7) is -1.26. The van der Waals surface area contributed by atoms with Crippen molar-refractivity contribution in [3.63, 3.8) is 0 Å². The van der Waals surface area contributed by atoms with Crippen LogP contribution >= 0.6 is 0 Å². The summed E-state index contributed by atoms with van der Waals surface area (Å²) in [5, 5.41) is 2.84. The number of nitrogens with one attached hydrogen (secondary N) is 1. The van der Waals surface area contributed by atoms with Crippen LogP contribution in [0.4, 0.5) is 18.9 Å². The maximum atomic E-state index is 11.9. The first-order valence-corrected chi connectivity index (χ1v) is 6.14. The first kappa shape index (κ1) is 15.3. The number of carbonyl (C=O) groups excluding carboxylic acids is 2. The van der Waals surface area contributed by atoms with Gasteiger partial charge in [-0.25, -0.2) is 0 Å². The standard InChI is InChI=1S/C13H13F3N2O3/c1-18-11(19)9-3-2-8(6-10(9)12(18)20)17-4-5-21-7-13(14,15)16/h2-3,6,17H,4-5,7H2,1H3. The smallest absolute Gasteiger partial charge is 0.383 e. The number of amides is 2. The molecule has 1 aromatic carbocycles. The average Bonchev–Trinajstić information content (AvgIpc) is 2.62. The molecule has 0 fully saturated rings. The number of halogens is 3. The van der Waals surface area contributed by atoms with Crippen molar-refractivity contribution < 1.29 is 27.5 Å². The third-order valence-corrected chi connectivity index (χ3v) is 2.93. The number of fused-ring (bicyclic) bond motifs is 1. The van der Waals surface area contributed by atoms with E-state index < -0.39 is 18.7 Å². The highest BCUT2D eigenvalue weighted by Gasteiger charge is 2.32. The van der Waals surface area contributed by atoms with E-state index in [1.54, 1.807) is 6.07 Å². The van der Waals surface area contributed by atoms with Crippen molar-refractivity contribution in [2.24, 2.45) is 0 Å². The van der Waals surface area contributed by atoms with E-state index >= 15 is 0 Å². The Morgan fingerprint density at radius 1 is 1.19 bits per heavy atom. The minimum absolute atomic E-state index is 0.122. The van der Waals surface area contributed by atoms with Crippen LogP contribution in [0.2, 0.25) is 0 Å². The van der Waals surface area contributed by atoms with Crippen molar-refractivity contribution in [2.45, 2.75) is 6.18 Å². The second-order valence-corrected chi connectivity index (χ2v) is 4.52. The summed E-state index contributed by atoms with van der Waals surface area (Å²) in [6.07, 6.45) is -4.34. The van der Waals surface area contributed by atoms with Gasteiger partial charge in [0.05, 0.1) is 17.7 Å². The van der Waals surface area contributed by atoms with Crippen molar-refractivity contribution >= 4 is 17.5 Å². The zero-order valence-corrected chi connectivity index (χ0v) is 11.2. The number of rotatable bonds is 5. The van der Waals surface area contributed by atoms with Gasteiger partial charge in [0.15, 0.2) is 0 Å². The summed E-state index contributed by atoms with van der Waals surface area (Å²) < 4.78 is 40.0. The molecule has 0 saturated heterocycles. The summed E-state index contributed by atoms with van der Waals surface area (Å²) in [6, 6.07) is 4.60. The lowest BCUT2D eigenvalue weighted by Crippen LogP contribution is -2.24. The first-order chi connectivity index (χ1) is 9.79. The van der Waals surface area contributed by atoms with Crippen molar-refractivity contribution in [3.05, 3.63) is 29.3 Å². The van der Waals surface area contributed by atoms with Crippen LogP contribution in [0.3, 0.4) is 0 Å². The lowest BCUT2D eigenvalue weighted by molar-refractivity contribution is -0.172. The van der Waals surface area contributed by atoms with Crippen molar-refractivity contribution in [3.8, 4) is 0 Å². The molecule has 0 spiro atoms. The molecule has 1 aliphatic rings. The van der Waals surface area contributed by atoms with Gasteiger partial charge < -0.3 is 10.1 Å². The zero-order chi connectivity index (χ0) is 15.6. The summed E-state index contributed by atoms with van der Waals surface area (Å²) in [5.41, 5.74) is 1.14. The maximum absolute atomic E-state index is 11.9. The van der Waals surface area contributed by atoms with Crippen LogP contribution in [0.1, 0.15) is 20.7 Å². The Morgan fingerprint density at radius 2 is 1.86 bits per heavy atom. The minimum atomic E-state index is -4.34. The minimum Gasteiger partial charge on any atom is -0.383 e. The van der Waals surface area contributed by atoms with E-state index in [-0.39, 0.29) is 24.6 Å². The van der Waals surface area contributed by atoms with Crippen LogP contribution in [0.5, 0.6) is 0 Å². The summed E-state index contributed by atoms with van der Waals surface area (Å²) >= 11 is 0. The molecular weight excluding hydrogens is 289 g/mol. The number of nitrogens with zero attached hydrogens (tertiary/aromatic N) is 1. The predicted octanol–water partition coefficient (Wildman–Crippen LogP) is 1.90. The molecule has 0 unspecified atom stereocenters. The van der Waals surface area contributed by atoms with E-state index in [2.05, 4.69) is 10.1 Å². The Balaban J connectivity index is 1.89. The molecule has 0 aromatic heterocycles. The fourth-order valence-electron chi connectivity index (χ4n) is 1.93. The van der Waals surface area contributed by atoms with Gasteiger partial charge in [0, 0.05) is 19.3 Å². The highest BCUT2D eigenvalue weighted by molar-refractivity contribution is 6.21. The molecule has 2 amide bonds. The van der Waals surface area contributed by atoms with Crippen LogP contribution in [-0.2, 0) is 4.74 Å². The molecule has 0 atom stereocenters. The second-order valence-electron chi connectivity index (χ2n) is 4.52. The molecule has 21 heavy (non-hydrogen) atoms. The largest absolute Gasteiger partial charge is 0.411 e. The van der Waals surface area contributed by atoms with Crippen LogP contribution in [-0.4, -0.2) is 49.7 Å². The third-order valence-electron chi connectivity index (χ3n) is 2.93. The molecule has 8 heteroatoms. The molecule has 0 bridgehead atoms. The number of benzene rings is 1. The van der Waals surface area contributed by atoms with Crippen molar-refractivity contribution in [1.29, 1.82) is 0 Å². The fourth-order valence-corrected chi connectivity index (χ4v) is 1.93. The summed E-state index contributed by atoms with van der Waals surface area (Å²) in [4.78, 5) is 24.5. The van der Waals surface area contributed by atoms with Crippen LogP contribution in [0.15, 0.2) is 18.2 Å². The van der Waals surface area contributed by atoms with E-state index in [0.717, 1.165) is 4.90 Å². The topological polar surface area (TPSA) is 58.6 Å². The molecular formula is C13H13F3N2O3. The molecule has 1 aromatic rings. The van der Waals surface area contributed by atoms with Gasteiger partial charge in [-0.3, -0.25) is 14.5 Å². The Morgan fingerprint density at radius 3 is 2.52 bits per heavy atom. The molecule has 0 radical (unpaired) electrons. The second kappa shape index (κ2) is 5.72. The molecule has 0 aliphatic carbocycles. The van der Waals surface area contributed by atoms with Crippen LogP contribution < -0.4 is 5.32 Å². The van der Waals surface area contributed by atoms with Crippen molar-refractivity contribution in [1.82, 2.24) is 4.90 Å². The van der Waals surface area contributed by atoms with Gasteiger partial charge in [0.1, 0.15) is 6.61 Å². The number of imide groups is 1.